The highest BCUT2D eigenvalue weighted by Gasteiger charge is 2.21. The van der Waals surface area contributed by atoms with Crippen LogP contribution in [0.15, 0.2) is 46.4 Å². The standard InChI is InChI=1S/C19H16N2O4/c20-12-15(18(22)21-8-1-2-9-21)11-16-6-7-17(25-16)13-4-3-5-14(10-13)19(23)24/h3-7,10-11H,1-2,8-9H2,(H,23,24). The van der Waals surface area contributed by atoms with E-state index in [2.05, 4.69) is 0 Å². The number of amides is 1. The molecule has 1 N–H and O–H groups in total. The van der Waals surface area contributed by atoms with Gasteiger partial charge in [-0.25, -0.2) is 4.79 Å². The van der Waals surface area contributed by atoms with E-state index in [0.29, 0.717) is 30.2 Å². The number of carboxylic acids is 1. The smallest absolute Gasteiger partial charge is 0.335 e. The minimum Gasteiger partial charge on any atom is -0.478 e. The highest BCUT2D eigenvalue weighted by molar-refractivity contribution is 6.01. The Balaban J connectivity index is 1.85. The summed E-state index contributed by atoms with van der Waals surface area (Å²) in [5, 5.41) is 18.3. The summed E-state index contributed by atoms with van der Waals surface area (Å²) in [7, 11) is 0. The molecule has 0 saturated carbocycles. The average molecular weight is 336 g/mol. The van der Waals surface area contributed by atoms with Gasteiger partial charge in [0.25, 0.3) is 5.91 Å². The number of benzene rings is 1. The van der Waals surface area contributed by atoms with E-state index >= 15 is 0 Å². The van der Waals surface area contributed by atoms with Crippen molar-refractivity contribution in [2.45, 2.75) is 12.8 Å². The second-order valence-corrected chi connectivity index (χ2v) is 5.76. The third-order valence-corrected chi connectivity index (χ3v) is 4.05. The molecule has 0 bridgehead atoms. The molecule has 0 unspecified atom stereocenters. The van der Waals surface area contributed by atoms with Crippen molar-refractivity contribution in [1.29, 1.82) is 5.26 Å². The summed E-state index contributed by atoms with van der Waals surface area (Å²) in [5.41, 5.74) is 0.805. The Morgan fingerprint density at radius 1 is 1.20 bits per heavy atom. The SMILES string of the molecule is N#CC(=Cc1ccc(-c2cccc(C(=O)O)c2)o1)C(=O)N1CCCC1. The molecular weight excluding hydrogens is 320 g/mol. The van der Waals surface area contributed by atoms with Gasteiger partial charge in [-0.15, -0.1) is 0 Å². The van der Waals surface area contributed by atoms with Gasteiger partial charge in [0.2, 0.25) is 0 Å². The van der Waals surface area contributed by atoms with E-state index in [1.165, 1.54) is 18.2 Å². The van der Waals surface area contributed by atoms with Crippen LogP contribution in [0.2, 0.25) is 0 Å². The van der Waals surface area contributed by atoms with Gasteiger partial charge >= 0.3 is 5.97 Å². The third-order valence-electron chi connectivity index (χ3n) is 4.05. The fraction of sp³-hybridized carbons (Fsp3) is 0.211. The lowest BCUT2D eigenvalue weighted by molar-refractivity contribution is -0.125. The Bertz CT molecular complexity index is 883. The molecule has 1 saturated heterocycles. The zero-order valence-corrected chi connectivity index (χ0v) is 13.4. The zero-order chi connectivity index (χ0) is 17.8. The summed E-state index contributed by atoms with van der Waals surface area (Å²) in [5.74, 6) is -0.456. The largest absolute Gasteiger partial charge is 0.478 e. The van der Waals surface area contributed by atoms with Gasteiger partial charge in [-0.3, -0.25) is 4.79 Å². The van der Waals surface area contributed by atoms with Gasteiger partial charge in [0.05, 0.1) is 5.56 Å². The number of rotatable bonds is 4. The van der Waals surface area contributed by atoms with Gasteiger partial charge in [0.1, 0.15) is 23.2 Å². The van der Waals surface area contributed by atoms with E-state index in [0.717, 1.165) is 12.8 Å². The summed E-state index contributed by atoms with van der Waals surface area (Å²) in [6.45, 7) is 1.34. The second-order valence-electron chi connectivity index (χ2n) is 5.76. The van der Waals surface area contributed by atoms with Gasteiger partial charge in [-0.1, -0.05) is 12.1 Å². The number of nitrogens with zero attached hydrogens (tertiary/aromatic N) is 2. The maximum Gasteiger partial charge on any atom is 0.335 e. The molecule has 0 radical (unpaired) electrons. The lowest BCUT2D eigenvalue weighted by Crippen LogP contribution is -2.28. The van der Waals surface area contributed by atoms with Crippen LogP contribution in [0.5, 0.6) is 0 Å². The van der Waals surface area contributed by atoms with Gasteiger partial charge in [-0.05, 0) is 37.1 Å². The number of hydrogen-bond acceptors (Lipinski definition) is 4. The highest BCUT2D eigenvalue weighted by Crippen LogP contribution is 2.25. The topological polar surface area (TPSA) is 94.5 Å². The Morgan fingerprint density at radius 3 is 2.64 bits per heavy atom. The fourth-order valence-corrected chi connectivity index (χ4v) is 2.77. The van der Waals surface area contributed by atoms with Crippen molar-refractivity contribution in [2.24, 2.45) is 0 Å². The molecule has 126 valence electrons. The van der Waals surface area contributed by atoms with Crippen molar-refractivity contribution < 1.29 is 19.1 Å². The van der Waals surface area contributed by atoms with Gasteiger partial charge in [0, 0.05) is 24.7 Å². The molecule has 2 aromatic rings. The molecule has 25 heavy (non-hydrogen) atoms. The predicted molar refractivity (Wildman–Crippen MR) is 90.5 cm³/mol. The van der Waals surface area contributed by atoms with Gasteiger partial charge in [0.15, 0.2) is 0 Å². The maximum absolute atomic E-state index is 12.3. The van der Waals surface area contributed by atoms with Crippen LogP contribution in [-0.4, -0.2) is 35.0 Å². The number of likely N-dealkylation sites (tertiary alicyclic amines) is 1. The monoisotopic (exact) mass is 336 g/mol. The average Bonchev–Trinajstić information content (AvgIpc) is 3.31. The summed E-state index contributed by atoms with van der Waals surface area (Å²) in [6, 6.07) is 11.6. The molecular formula is C19H16N2O4. The number of carbonyl (C=O) groups excluding carboxylic acids is 1. The highest BCUT2D eigenvalue weighted by atomic mass is 16.4. The number of furan rings is 1. The van der Waals surface area contributed by atoms with Crippen molar-refractivity contribution >= 4 is 18.0 Å². The number of aromatic carboxylic acids is 1. The van der Waals surface area contributed by atoms with Crippen LogP contribution in [0.3, 0.4) is 0 Å². The number of carboxylic acid groups (broad SMARTS) is 1. The Labute approximate surface area is 144 Å². The van der Waals surface area contributed by atoms with Crippen molar-refractivity contribution in [3.05, 3.63) is 53.3 Å². The molecule has 3 rings (SSSR count). The van der Waals surface area contributed by atoms with Crippen molar-refractivity contribution in [2.75, 3.05) is 13.1 Å². The minimum atomic E-state index is -1.02. The van der Waals surface area contributed by atoms with E-state index in [1.54, 1.807) is 29.2 Å². The Hall–Kier alpha value is -3.33. The fourth-order valence-electron chi connectivity index (χ4n) is 2.77. The third kappa shape index (κ3) is 3.61. The van der Waals surface area contributed by atoms with E-state index < -0.39 is 5.97 Å². The zero-order valence-electron chi connectivity index (χ0n) is 13.4. The van der Waals surface area contributed by atoms with Gasteiger partial charge in [-0.2, -0.15) is 5.26 Å². The first kappa shape index (κ1) is 16.5. The molecule has 1 fully saturated rings. The van der Waals surface area contributed by atoms with Crippen LogP contribution in [0, 0.1) is 11.3 Å². The molecule has 0 aliphatic carbocycles. The van der Waals surface area contributed by atoms with Crippen LogP contribution in [-0.2, 0) is 4.79 Å². The maximum atomic E-state index is 12.3. The predicted octanol–water partition coefficient (Wildman–Crippen LogP) is 3.17. The molecule has 1 amide bonds. The molecule has 1 aliphatic heterocycles. The Morgan fingerprint density at radius 2 is 1.96 bits per heavy atom. The summed E-state index contributed by atoms with van der Waals surface area (Å²) < 4.78 is 5.66. The lowest BCUT2D eigenvalue weighted by atomic mass is 10.1. The van der Waals surface area contributed by atoms with Crippen LogP contribution >= 0.6 is 0 Å². The van der Waals surface area contributed by atoms with Gasteiger partial charge < -0.3 is 14.4 Å². The summed E-state index contributed by atoms with van der Waals surface area (Å²) in [6.07, 6.45) is 3.33. The summed E-state index contributed by atoms with van der Waals surface area (Å²) >= 11 is 0. The molecule has 2 heterocycles. The van der Waals surface area contributed by atoms with E-state index in [4.69, 9.17) is 9.52 Å². The van der Waals surface area contributed by atoms with E-state index in [9.17, 15) is 14.9 Å². The second kappa shape index (κ2) is 7.05. The Kier molecular flexibility index (Phi) is 4.66. The summed E-state index contributed by atoms with van der Waals surface area (Å²) in [4.78, 5) is 25.0. The van der Waals surface area contributed by atoms with Crippen molar-refractivity contribution in [3.63, 3.8) is 0 Å². The molecule has 6 nitrogen and oxygen atoms in total. The molecule has 1 aliphatic rings. The van der Waals surface area contributed by atoms with E-state index in [-0.39, 0.29) is 17.0 Å². The molecule has 0 atom stereocenters. The molecule has 1 aromatic carbocycles. The normalized spacial score (nSPS) is 14.4. The van der Waals surface area contributed by atoms with Crippen LogP contribution in [0.1, 0.15) is 29.0 Å². The lowest BCUT2D eigenvalue weighted by Gasteiger charge is -2.13. The minimum absolute atomic E-state index is 0.0297. The quantitative estimate of drug-likeness (QED) is 0.683. The van der Waals surface area contributed by atoms with Crippen molar-refractivity contribution in [3.8, 4) is 17.4 Å². The number of nitriles is 1. The number of hydrogen-bond donors (Lipinski definition) is 1. The van der Waals surface area contributed by atoms with Crippen LogP contribution < -0.4 is 0 Å². The first-order chi connectivity index (χ1) is 12.1. The van der Waals surface area contributed by atoms with Crippen LogP contribution in [0.25, 0.3) is 17.4 Å². The van der Waals surface area contributed by atoms with E-state index in [1.807, 2.05) is 6.07 Å². The first-order valence-corrected chi connectivity index (χ1v) is 7.93. The molecule has 1 aromatic heterocycles. The van der Waals surface area contributed by atoms with Crippen molar-refractivity contribution in [1.82, 2.24) is 4.90 Å². The van der Waals surface area contributed by atoms with Crippen LogP contribution in [0.4, 0.5) is 0 Å². The molecule has 6 heteroatoms. The number of carbonyl (C=O) groups is 2. The first-order valence-electron chi connectivity index (χ1n) is 7.93. The molecule has 0 spiro atoms.